The first kappa shape index (κ1) is 17.0. The topological polar surface area (TPSA) is 33.7 Å². The first-order valence-corrected chi connectivity index (χ1v) is 8.90. The molecule has 0 saturated carbocycles. The maximum atomic E-state index is 5.58. The summed E-state index contributed by atoms with van der Waals surface area (Å²) in [5, 5.41) is 2.17. The zero-order chi connectivity index (χ0) is 18.6. The van der Waals surface area contributed by atoms with Gasteiger partial charge in [-0.1, -0.05) is 48.5 Å². The molecule has 1 unspecified atom stereocenters. The van der Waals surface area contributed by atoms with Crippen molar-refractivity contribution in [3.05, 3.63) is 96.1 Å². The molecule has 1 heterocycles. The van der Waals surface area contributed by atoms with Crippen LogP contribution in [0.1, 0.15) is 17.2 Å². The number of hydrazine groups is 1. The van der Waals surface area contributed by atoms with Crippen LogP contribution in [0.4, 0.5) is 5.69 Å². The van der Waals surface area contributed by atoms with Gasteiger partial charge in [0, 0.05) is 5.56 Å². The highest BCUT2D eigenvalue weighted by Crippen LogP contribution is 2.38. The Morgan fingerprint density at radius 1 is 0.815 bits per heavy atom. The van der Waals surface area contributed by atoms with E-state index in [0.717, 1.165) is 28.4 Å². The Morgan fingerprint density at radius 2 is 1.52 bits per heavy atom. The number of para-hydroxylation sites is 1. The Kier molecular flexibility index (Phi) is 4.71. The van der Waals surface area contributed by atoms with Gasteiger partial charge in [-0.15, -0.1) is 0 Å². The number of ether oxygens (including phenoxy) is 2. The zero-order valence-electron chi connectivity index (χ0n) is 15.4. The molecule has 3 aromatic carbocycles. The number of nitrogens with zero attached hydrogens (tertiary/aromatic N) is 1. The van der Waals surface area contributed by atoms with Crippen LogP contribution in [-0.4, -0.2) is 14.2 Å². The Hall–Kier alpha value is -3.40. The predicted octanol–water partition coefficient (Wildman–Crippen LogP) is 4.81. The van der Waals surface area contributed by atoms with E-state index in [1.54, 1.807) is 14.2 Å². The lowest BCUT2D eigenvalue weighted by Gasteiger charge is -2.27. The molecule has 0 amide bonds. The van der Waals surface area contributed by atoms with Crippen LogP contribution in [0, 0.1) is 0 Å². The van der Waals surface area contributed by atoms with Crippen molar-refractivity contribution in [3.8, 4) is 11.5 Å². The second kappa shape index (κ2) is 7.46. The smallest absolute Gasteiger partial charge is 0.128 e. The molecule has 0 radical (unpaired) electrons. The van der Waals surface area contributed by atoms with Gasteiger partial charge in [-0.2, -0.15) is 0 Å². The van der Waals surface area contributed by atoms with Gasteiger partial charge in [0.1, 0.15) is 11.5 Å². The van der Waals surface area contributed by atoms with Gasteiger partial charge >= 0.3 is 0 Å². The summed E-state index contributed by atoms with van der Waals surface area (Å²) in [7, 11) is 3.36. The maximum absolute atomic E-state index is 5.58. The number of anilines is 1. The number of hydrogen-bond donors (Lipinski definition) is 1. The number of benzene rings is 3. The van der Waals surface area contributed by atoms with E-state index in [1.807, 2.05) is 42.5 Å². The average molecular weight is 358 g/mol. The Labute approximate surface area is 159 Å². The van der Waals surface area contributed by atoms with Gasteiger partial charge in [0.2, 0.25) is 0 Å². The van der Waals surface area contributed by atoms with Crippen LogP contribution in [0.15, 0.2) is 84.9 Å². The minimum absolute atomic E-state index is 0.0690. The standard InChI is InChI=1S/C23H22N2O2/c1-26-19-13-14-23(27-2)20(15-19)21-16-22(17-9-5-3-6-10-17)25(24-21)18-11-7-4-8-12-18/h3-16,22,24H,1-2H3. The fourth-order valence-electron chi connectivity index (χ4n) is 3.35. The molecule has 0 bridgehead atoms. The van der Waals surface area contributed by atoms with Crippen molar-refractivity contribution in [2.75, 3.05) is 19.2 Å². The third-order valence-corrected chi connectivity index (χ3v) is 4.72. The van der Waals surface area contributed by atoms with Crippen LogP contribution < -0.4 is 19.9 Å². The molecule has 4 heteroatoms. The van der Waals surface area contributed by atoms with Gasteiger partial charge in [-0.3, -0.25) is 10.4 Å². The van der Waals surface area contributed by atoms with Crippen molar-refractivity contribution in [2.45, 2.75) is 6.04 Å². The highest BCUT2D eigenvalue weighted by molar-refractivity contribution is 5.76. The van der Waals surface area contributed by atoms with E-state index in [-0.39, 0.29) is 6.04 Å². The first-order valence-electron chi connectivity index (χ1n) is 8.90. The van der Waals surface area contributed by atoms with Gasteiger partial charge in [-0.25, -0.2) is 0 Å². The first-order chi connectivity index (χ1) is 13.3. The van der Waals surface area contributed by atoms with Crippen molar-refractivity contribution in [2.24, 2.45) is 0 Å². The van der Waals surface area contributed by atoms with Crippen LogP contribution in [0.3, 0.4) is 0 Å². The molecule has 0 spiro atoms. The Morgan fingerprint density at radius 3 is 2.19 bits per heavy atom. The number of nitrogens with one attached hydrogen (secondary N) is 1. The third kappa shape index (κ3) is 3.34. The molecule has 27 heavy (non-hydrogen) atoms. The Bertz CT molecular complexity index is 939. The predicted molar refractivity (Wildman–Crippen MR) is 109 cm³/mol. The molecule has 3 aromatic rings. The summed E-state index contributed by atoms with van der Waals surface area (Å²) in [6.07, 6.45) is 2.22. The highest BCUT2D eigenvalue weighted by Gasteiger charge is 2.28. The highest BCUT2D eigenvalue weighted by atomic mass is 16.5. The fraction of sp³-hybridized carbons (Fsp3) is 0.130. The van der Waals surface area contributed by atoms with Crippen LogP contribution >= 0.6 is 0 Å². The van der Waals surface area contributed by atoms with Crippen LogP contribution in [0.5, 0.6) is 11.5 Å². The Balaban J connectivity index is 1.79. The maximum Gasteiger partial charge on any atom is 0.128 e. The second-order valence-corrected chi connectivity index (χ2v) is 6.32. The summed E-state index contributed by atoms with van der Waals surface area (Å²) in [4.78, 5) is 0. The van der Waals surface area contributed by atoms with Gasteiger partial charge < -0.3 is 9.47 Å². The van der Waals surface area contributed by atoms with Gasteiger partial charge in [0.05, 0.1) is 31.6 Å². The van der Waals surface area contributed by atoms with Crippen molar-refractivity contribution < 1.29 is 9.47 Å². The molecule has 0 fully saturated rings. The lowest BCUT2D eigenvalue weighted by molar-refractivity contribution is 0.402. The van der Waals surface area contributed by atoms with Crippen molar-refractivity contribution in [3.63, 3.8) is 0 Å². The molecule has 4 nitrogen and oxygen atoms in total. The van der Waals surface area contributed by atoms with Crippen LogP contribution in [-0.2, 0) is 0 Å². The van der Waals surface area contributed by atoms with E-state index >= 15 is 0 Å². The quantitative estimate of drug-likeness (QED) is 0.710. The van der Waals surface area contributed by atoms with E-state index in [0.29, 0.717) is 0 Å². The zero-order valence-corrected chi connectivity index (χ0v) is 15.4. The number of hydrogen-bond acceptors (Lipinski definition) is 4. The molecule has 0 aromatic heterocycles. The fourth-order valence-corrected chi connectivity index (χ4v) is 3.35. The normalized spacial score (nSPS) is 15.9. The van der Waals surface area contributed by atoms with Crippen LogP contribution in [0.2, 0.25) is 0 Å². The molecule has 136 valence electrons. The minimum atomic E-state index is 0.0690. The number of methoxy groups -OCH3 is 2. The molecule has 1 atom stereocenters. The molecule has 1 N–H and O–H groups in total. The van der Waals surface area contributed by atoms with Crippen molar-refractivity contribution in [1.82, 2.24) is 5.43 Å². The SMILES string of the molecule is COc1ccc(OC)c(C2=CC(c3ccccc3)N(c3ccccc3)N2)c1. The molecule has 1 aliphatic rings. The molecule has 1 aliphatic heterocycles. The summed E-state index contributed by atoms with van der Waals surface area (Å²) in [5.41, 5.74) is 7.83. The van der Waals surface area contributed by atoms with Crippen molar-refractivity contribution >= 4 is 11.4 Å². The summed E-state index contributed by atoms with van der Waals surface area (Å²) < 4.78 is 11.0. The largest absolute Gasteiger partial charge is 0.497 e. The molecular formula is C23H22N2O2. The van der Waals surface area contributed by atoms with Gasteiger partial charge in [-0.05, 0) is 42.0 Å². The van der Waals surface area contributed by atoms with Crippen molar-refractivity contribution in [1.29, 1.82) is 0 Å². The average Bonchev–Trinajstić information content (AvgIpc) is 3.20. The molecule has 0 aliphatic carbocycles. The second-order valence-electron chi connectivity index (χ2n) is 6.32. The van der Waals surface area contributed by atoms with E-state index < -0.39 is 0 Å². The minimum Gasteiger partial charge on any atom is -0.497 e. The van der Waals surface area contributed by atoms with Gasteiger partial charge in [0.15, 0.2) is 0 Å². The monoisotopic (exact) mass is 358 g/mol. The molecule has 4 rings (SSSR count). The molecule has 0 saturated heterocycles. The summed E-state index contributed by atoms with van der Waals surface area (Å²) in [6.45, 7) is 0. The van der Waals surface area contributed by atoms with E-state index in [4.69, 9.17) is 9.47 Å². The lowest BCUT2D eigenvalue weighted by Crippen LogP contribution is -2.33. The summed E-state index contributed by atoms with van der Waals surface area (Å²) in [6, 6.07) is 26.7. The van der Waals surface area contributed by atoms with Crippen LogP contribution in [0.25, 0.3) is 5.70 Å². The van der Waals surface area contributed by atoms with E-state index in [9.17, 15) is 0 Å². The third-order valence-electron chi connectivity index (χ3n) is 4.72. The summed E-state index contributed by atoms with van der Waals surface area (Å²) >= 11 is 0. The van der Waals surface area contributed by atoms with E-state index in [1.165, 1.54) is 5.56 Å². The van der Waals surface area contributed by atoms with Gasteiger partial charge in [0.25, 0.3) is 0 Å². The molecular weight excluding hydrogens is 336 g/mol. The summed E-state index contributed by atoms with van der Waals surface area (Å²) in [5.74, 6) is 1.60. The lowest BCUT2D eigenvalue weighted by atomic mass is 10.0. The number of rotatable bonds is 5. The van der Waals surface area contributed by atoms with E-state index in [2.05, 4.69) is 52.9 Å².